The normalized spacial score (nSPS) is 14.0. The van der Waals surface area contributed by atoms with Crippen LogP contribution in [0, 0.1) is 0 Å². The summed E-state index contributed by atoms with van der Waals surface area (Å²) in [7, 11) is 0.0227. The van der Waals surface area contributed by atoms with Gasteiger partial charge in [-0.05, 0) is 27.2 Å². The van der Waals surface area contributed by atoms with E-state index in [4.69, 9.17) is 8.85 Å². The Labute approximate surface area is 110 Å². The summed E-state index contributed by atoms with van der Waals surface area (Å²) in [6.07, 6.45) is 0.822. The molecule has 0 radical (unpaired) electrons. The van der Waals surface area contributed by atoms with Crippen molar-refractivity contribution < 1.29 is 13.6 Å². The zero-order valence-electron chi connectivity index (χ0n) is 12.2. The van der Waals surface area contributed by atoms with Gasteiger partial charge in [0.1, 0.15) is 10.5 Å². The van der Waals surface area contributed by atoms with Crippen LogP contribution < -0.4 is 0 Å². The first-order chi connectivity index (χ1) is 7.76. The van der Waals surface area contributed by atoms with E-state index in [1.54, 1.807) is 0 Å². The molecular weight excluding hydrogens is 248 g/mol. The van der Waals surface area contributed by atoms with Crippen LogP contribution in [0.3, 0.4) is 0 Å². The smallest absolute Gasteiger partial charge is 0.334 e. The predicted octanol–water partition coefficient (Wildman–Crippen LogP) is 1.24. The van der Waals surface area contributed by atoms with Crippen LogP contribution in [-0.4, -0.2) is 32.3 Å². The summed E-state index contributed by atoms with van der Waals surface area (Å²) < 4.78 is 10.9. The largest absolute Gasteiger partial charge is 0.467 e. The molecule has 0 bridgehead atoms. The van der Waals surface area contributed by atoms with Gasteiger partial charge in [0, 0.05) is 10.6 Å². The molecule has 3 nitrogen and oxygen atoms in total. The van der Waals surface area contributed by atoms with Gasteiger partial charge < -0.3 is 8.85 Å². The number of carbonyl (C=O) groups is 1. The Morgan fingerprint density at radius 2 is 1.94 bits per heavy atom. The third-order valence-corrected chi connectivity index (χ3v) is 5.00. The van der Waals surface area contributed by atoms with E-state index in [1.165, 1.54) is 0 Å². The van der Waals surface area contributed by atoms with Crippen molar-refractivity contribution in [3.05, 3.63) is 11.1 Å². The number of ether oxygens (including phenoxy) is 1. The molecule has 0 rings (SSSR count). The average Bonchev–Trinajstić information content (AvgIpc) is 2.15. The summed E-state index contributed by atoms with van der Waals surface area (Å²) in [4.78, 5) is 12.2. The maximum atomic E-state index is 12.2. The lowest BCUT2D eigenvalue weighted by Gasteiger charge is -2.28. The molecule has 0 saturated carbocycles. The lowest BCUT2D eigenvalue weighted by molar-refractivity contribution is -0.144. The molecule has 0 N–H and O–H groups in total. The summed E-state index contributed by atoms with van der Waals surface area (Å²) in [6.45, 7) is 12.0. The SMILES string of the molecule is CCC(C)OC(=O)C(=C(C)C)C(C)(C)[SiH2]O[SiH3]. The minimum Gasteiger partial charge on any atom is -0.467 e. The van der Waals surface area contributed by atoms with Gasteiger partial charge >= 0.3 is 5.97 Å². The van der Waals surface area contributed by atoms with Crippen LogP contribution in [-0.2, 0) is 13.6 Å². The van der Waals surface area contributed by atoms with Crippen molar-refractivity contribution in [2.75, 3.05) is 0 Å². The van der Waals surface area contributed by atoms with Crippen LogP contribution >= 0.6 is 0 Å². The fourth-order valence-corrected chi connectivity index (χ4v) is 5.44. The molecule has 0 saturated heterocycles. The lowest BCUT2D eigenvalue weighted by Crippen LogP contribution is -2.27. The molecule has 0 aliphatic carbocycles. The summed E-state index contributed by atoms with van der Waals surface area (Å²) in [6, 6.07) is 0. The molecule has 1 atom stereocenters. The monoisotopic (exact) mass is 274 g/mol. The fraction of sp³-hybridized carbons (Fsp3) is 0.750. The number of esters is 1. The van der Waals surface area contributed by atoms with Gasteiger partial charge in [0.25, 0.3) is 0 Å². The number of allylic oxidation sites excluding steroid dienone is 1. The highest BCUT2D eigenvalue weighted by atomic mass is 28.3. The van der Waals surface area contributed by atoms with Crippen LogP contribution in [0.25, 0.3) is 0 Å². The molecule has 5 heteroatoms. The zero-order chi connectivity index (χ0) is 13.6. The van der Waals surface area contributed by atoms with Gasteiger partial charge in [0.15, 0.2) is 9.76 Å². The predicted molar refractivity (Wildman–Crippen MR) is 77.8 cm³/mol. The minimum atomic E-state index is -0.721. The molecule has 1 unspecified atom stereocenters. The van der Waals surface area contributed by atoms with E-state index in [1.807, 2.05) is 27.7 Å². The van der Waals surface area contributed by atoms with Crippen molar-refractivity contribution in [1.29, 1.82) is 0 Å². The first-order valence-corrected chi connectivity index (χ1v) is 8.24. The second-order valence-corrected chi connectivity index (χ2v) is 9.68. The van der Waals surface area contributed by atoms with Gasteiger partial charge in [-0.3, -0.25) is 0 Å². The van der Waals surface area contributed by atoms with Crippen LogP contribution in [0.4, 0.5) is 0 Å². The van der Waals surface area contributed by atoms with E-state index in [0.29, 0.717) is 0 Å². The standard InChI is InChI=1S/C12H26O3Si2/c1-7-9(4)14-11(13)10(8(2)3)12(5,6)17-15-16/h9H,7,17H2,1-6,16H3. The second kappa shape index (κ2) is 7.13. The van der Waals surface area contributed by atoms with E-state index < -0.39 is 9.76 Å². The molecule has 0 heterocycles. The molecular formula is C12H26O3Si2. The summed E-state index contributed by atoms with van der Waals surface area (Å²) in [5.41, 5.74) is 1.84. The van der Waals surface area contributed by atoms with Crippen molar-refractivity contribution >= 4 is 26.2 Å². The minimum absolute atomic E-state index is 0.0220. The molecule has 0 aliphatic heterocycles. The maximum absolute atomic E-state index is 12.2. The average molecular weight is 275 g/mol. The Balaban J connectivity index is 5.02. The van der Waals surface area contributed by atoms with E-state index in [-0.39, 0.29) is 17.1 Å². The Morgan fingerprint density at radius 3 is 2.29 bits per heavy atom. The summed E-state index contributed by atoms with van der Waals surface area (Å²) in [5.74, 6) is -0.171. The van der Waals surface area contributed by atoms with Crippen molar-refractivity contribution in [2.24, 2.45) is 0 Å². The lowest BCUT2D eigenvalue weighted by atomic mass is 9.97. The maximum Gasteiger partial charge on any atom is 0.334 e. The van der Waals surface area contributed by atoms with E-state index in [2.05, 4.69) is 13.8 Å². The second-order valence-electron chi connectivity index (χ2n) is 5.32. The van der Waals surface area contributed by atoms with Gasteiger partial charge in [-0.25, -0.2) is 4.79 Å². The van der Waals surface area contributed by atoms with Crippen LogP contribution in [0.2, 0.25) is 5.04 Å². The van der Waals surface area contributed by atoms with Crippen LogP contribution in [0.5, 0.6) is 0 Å². The van der Waals surface area contributed by atoms with Crippen molar-refractivity contribution in [3.8, 4) is 0 Å². The molecule has 0 fully saturated rings. The van der Waals surface area contributed by atoms with Crippen LogP contribution in [0.1, 0.15) is 48.0 Å². The number of hydrogen-bond donors (Lipinski definition) is 0. The number of hydrogen-bond acceptors (Lipinski definition) is 3. The topological polar surface area (TPSA) is 35.5 Å². The highest BCUT2D eigenvalue weighted by Crippen LogP contribution is 2.36. The Bertz CT molecular complexity index is 294. The van der Waals surface area contributed by atoms with E-state index >= 15 is 0 Å². The van der Waals surface area contributed by atoms with Crippen molar-refractivity contribution in [2.45, 2.75) is 59.1 Å². The number of rotatable bonds is 6. The van der Waals surface area contributed by atoms with E-state index in [9.17, 15) is 4.79 Å². The molecule has 0 aliphatic rings. The van der Waals surface area contributed by atoms with Crippen molar-refractivity contribution in [3.63, 3.8) is 0 Å². The third-order valence-electron chi connectivity index (χ3n) is 2.77. The van der Waals surface area contributed by atoms with Crippen LogP contribution in [0.15, 0.2) is 11.1 Å². The first-order valence-electron chi connectivity index (χ1n) is 6.14. The van der Waals surface area contributed by atoms with Gasteiger partial charge in [0.2, 0.25) is 0 Å². The van der Waals surface area contributed by atoms with Crippen molar-refractivity contribution in [1.82, 2.24) is 0 Å². The van der Waals surface area contributed by atoms with Gasteiger partial charge in [-0.1, -0.05) is 26.3 Å². The first kappa shape index (κ1) is 16.6. The molecule has 100 valence electrons. The highest BCUT2D eigenvalue weighted by molar-refractivity contribution is 6.40. The third kappa shape index (κ3) is 5.18. The molecule has 0 aromatic rings. The zero-order valence-corrected chi connectivity index (χ0v) is 15.6. The Morgan fingerprint density at radius 1 is 1.41 bits per heavy atom. The molecule has 0 amide bonds. The van der Waals surface area contributed by atoms with E-state index in [0.717, 1.165) is 28.1 Å². The Hall–Kier alpha value is -0.396. The van der Waals surface area contributed by atoms with Gasteiger partial charge in [0.05, 0.1) is 6.10 Å². The summed E-state index contributed by atoms with van der Waals surface area (Å²) in [5, 5.41) is -0.148. The van der Waals surface area contributed by atoms with Gasteiger partial charge in [-0.2, -0.15) is 0 Å². The molecule has 17 heavy (non-hydrogen) atoms. The molecule has 0 aromatic carbocycles. The molecule has 0 aromatic heterocycles. The Kier molecular flexibility index (Phi) is 6.96. The fourth-order valence-electron chi connectivity index (χ4n) is 1.92. The molecule has 0 spiro atoms. The van der Waals surface area contributed by atoms with Gasteiger partial charge in [-0.15, -0.1) is 0 Å². The quantitative estimate of drug-likeness (QED) is 0.415. The highest BCUT2D eigenvalue weighted by Gasteiger charge is 2.31. The number of carbonyl (C=O) groups excluding carboxylic acids is 1. The summed E-state index contributed by atoms with van der Waals surface area (Å²) >= 11 is 0.